The minimum absolute atomic E-state index is 0. The van der Waals surface area contributed by atoms with E-state index in [1.54, 1.807) is 12.1 Å². The van der Waals surface area contributed by atoms with Gasteiger partial charge in [-0.2, -0.15) is 0 Å². The Morgan fingerprint density at radius 3 is 2.54 bits per heavy atom. The van der Waals surface area contributed by atoms with Crippen LogP contribution in [-0.4, -0.2) is 36.0 Å². The van der Waals surface area contributed by atoms with E-state index in [4.69, 9.17) is 11.6 Å². The number of hydrogen-bond donors (Lipinski definition) is 1. The predicted octanol–water partition coefficient (Wildman–Crippen LogP) is 4.62. The Hall–Kier alpha value is -0.590. The first kappa shape index (κ1) is 23.4. The fraction of sp³-hybridized carbons (Fsp3) is 0.625. The fourth-order valence-corrected chi connectivity index (χ4v) is 3.20. The van der Waals surface area contributed by atoms with E-state index in [1.807, 2.05) is 6.07 Å². The third-order valence-corrected chi connectivity index (χ3v) is 4.54. The number of nitro groups is 1. The topological polar surface area (TPSA) is 58.4 Å². The SMILES string of the molecule is CCCCC[C@H](c1ccc(Cl)c([N+](=O)[O-])c1)N1CCNCC1.Cl.Cl. The minimum Gasteiger partial charge on any atom is -0.314 e. The summed E-state index contributed by atoms with van der Waals surface area (Å²) in [7, 11) is 0. The van der Waals surface area contributed by atoms with Crippen LogP contribution in [0.15, 0.2) is 18.2 Å². The Morgan fingerprint density at radius 2 is 1.96 bits per heavy atom. The van der Waals surface area contributed by atoms with Gasteiger partial charge in [-0.05, 0) is 18.1 Å². The number of halogens is 3. The highest BCUT2D eigenvalue weighted by Gasteiger charge is 2.24. The lowest BCUT2D eigenvalue weighted by molar-refractivity contribution is -0.384. The van der Waals surface area contributed by atoms with Gasteiger partial charge in [-0.25, -0.2) is 0 Å². The molecular formula is C16H26Cl3N3O2. The number of rotatable bonds is 7. The van der Waals surface area contributed by atoms with Gasteiger partial charge >= 0.3 is 0 Å². The van der Waals surface area contributed by atoms with Crippen molar-refractivity contribution >= 4 is 42.1 Å². The number of nitrogens with zero attached hydrogens (tertiary/aromatic N) is 2. The van der Waals surface area contributed by atoms with Gasteiger partial charge in [0, 0.05) is 38.3 Å². The molecule has 0 saturated carbocycles. The second-order valence-corrected chi connectivity index (χ2v) is 6.17. The summed E-state index contributed by atoms with van der Waals surface area (Å²) >= 11 is 5.94. The average molecular weight is 399 g/mol. The van der Waals surface area contributed by atoms with Crippen molar-refractivity contribution in [3.8, 4) is 0 Å². The zero-order chi connectivity index (χ0) is 15.9. The molecule has 0 aromatic heterocycles. The molecule has 1 aliphatic heterocycles. The molecule has 2 rings (SSSR count). The zero-order valence-electron chi connectivity index (χ0n) is 13.9. The van der Waals surface area contributed by atoms with Crippen molar-refractivity contribution in [2.24, 2.45) is 0 Å². The molecule has 1 N–H and O–H groups in total. The molecule has 1 atom stereocenters. The molecule has 1 aliphatic rings. The molecule has 1 saturated heterocycles. The molecule has 0 amide bonds. The Kier molecular flexibility index (Phi) is 11.6. The maximum atomic E-state index is 11.1. The van der Waals surface area contributed by atoms with Gasteiger partial charge in [0.05, 0.1) is 4.92 Å². The largest absolute Gasteiger partial charge is 0.314 e. The van der Waals surface area contributed by atoms with Gasteiger partial charge < -0.3 is 5.32 Å². The lowest BCUT2D eigenvalue weighted by Crippen LogP contribution is -2.45. The Bertz CT molecular complexity index is 511. The Balaban J connectivity index is 0.00000264. The van der Waals surface area contributed by atoms with Crippen molar-refractivity contribution in [2.45, 2.75) is 38.6 Å². The van der Waals surface area contributed by atoms with E-state index in [-0.39, 0.29) is 41.6 Å². The highest BCUT2D eigenvalue weighted by molar-refractivity contribution is 6.32. The molecule has 1 fully saturated rings. The van der Waals surface area contributed by atoms with Crippen LogP contribution in [-0.2, 0) is 0 Å². The van der Waals surface area contributed by atoms with Crippen LogP contribution in [0, 0.1) is 10.1 Å². The number of hydrogen-bond acceptors (Lipinski definition) is 4. The quantitative estimate of drug-likeness (QED) is 0.413. The predicted molar refractivity (Wildman–Crippen MR) is 104 cm³/mol. The summed E-state index contributed by atoms with van der Waals surface area (Å²) in [6.07, 6.45) is 4.54. The van der Waals surface area contributed by atoms with Crippen LogP contribution < -0.4 is 5.32 Å². The van der Waals surface area contributed by atoms with E-state index in [2.05, 4.69) is 17.1 Å². The van der Waals surface area contributed by atoms with Crippen molar-refractivity contribution in [3.63, 3.8) is 0 Å². The molecule has 0 aliphatic carbocycles. The first-order valence-electron chi connectivity index (χ1n) is 8.02. The molecule has 138 valence electrons. The van der Waals surface area contributed by atoms with Crippen LogP contribution in [0.4, 0.5) is 5.69 Å². The van der Waals surface area contributed by atoms with Crippen molar-refractivity contribution in [1.29, 1.82) is 0 Å². The summed E-state index contributed by atoms with van der Waals surface area (Å²) in [4.78, 5) is 13.2. The number of nitro benzene ring substituents is 1. The number of piperazine rings is 1. The highest BCUT2D eigenvalue weighted by atomic mass is 35.5. The van der Waals surface area contributed by atoms with Gasteiger partial charge in [0.2, 0.25) is 0 Å². The van der Waals surface area contributed by atoms with Crippen LogP contribution in [0.25, 0.3) is 0 Å². The second kappa shape index (κ2) is 11.9. The van der Waals surface area contributed by atoms with Crippen LogP contribution >= 0.6 is 36.4 Å². The van der Waals surface area contributed by atoms with Crippen molar-refractivity contribution in [3.05, 3.63) is 38.9 Å². The zero-order valence-corrected chi connectivity index (χ0v) is 16.3. The summed E-state index contributed by atoms with van der Waals surface area (Å²) in [6, 6.07) is 5.49. The molecule has 1 aromatic carbocycles. The molecule has 1 heterocycles. The maximum Gasteiger partial charge on any atom is 0.288 e. The monoisotopic (exact) mass is 397 g/mol. The van der Waals surface area contributed by atoms with E-state index >= 15 is 0 Å². The van der Waals surface area contributed by atoms with E-state index in [1.165, 1.54) is 12.8 Å². The third kappa shape index (κ3) is 6.37. The van der Waals surface area contributed by atoms with Gasteiger partial charge in [0.1, 0.15) is 5.02 Å². The first-order valence-corrected chi connectivity index (χ1v) is 8.40. The third-order valence-electron chi connectivity index (χ3n) is 4.23. The standard InChI is InChI=1S/C16H24ClN3O2.2ClH/c1-2-3-4-5-15(19-10-8-18-9-11-19)13-6-7-14(17)16(12-13)20(21)22;;/h6-7,12,15,18H,2-5,8-11H2,1H3;2*1H/t15-;;/m1../s1. The van der Waals surface area contributed by atoms with Gasteiger partial charge in [-0.1, -0.05) is 43.9 Å². The summed E-state index contributed by atoms with van der Waals surface area (Å²) in [5, 5.41) is 14.7. The number of unbranched alkanes of at least 4 members (excludes halogenated alkanes) is 2. The first-order chi connectivity index (χ1) is 10.6. The van der Waals surface area contributed by atoms with E-state index < -0.39 is 4.92 Å². The van der Waals surface area contributed by atoms with Crippen molar-refractivity contribution in [2.75, 3.05) is 26.2 Å². The van der Waals surface area contributed by atoms with Gasteiger partial charge in [-0.15, -0.1) is 24.8 Å². The summed E-state index contributed by atoms with van der Waals surface area (Å²) < 4.78 is 0. The molecule has 5 nitrogen and oxygen atoms in total. The molecular weight excluding hydrogens is 373 g/mol. The average Bonchev–Trinajstić information content (AvgIpc) is 2.53. The van der Waals surface area contributed by atoms with Crippen molar-refractivity contribution in [1.82, 2.24) is 10.2 Å². The number of nitrogens with one attached hydrogen (secondary N) is 1. The van der Waals surface area contributed by atoms with Crippen LogP contribution in [0.2, 0.25) is 5.02 Å². The normalized spacial score (nSPS) is 15.9. The fourth-order valence-electron chi connectivity index (χ4n) is 3.02. The molecule has 24 heavy (non-hydrogen) atoms. The van der Waals surface area contributed by atoms with Crippen LogP contribution in [0.5, 0.6) is 0 Å². The molecule has 0 spiro atoms. The Morgan fingerprint density at radius 1 is 1.29 bits per heavy atom. The maximum absolute atomic E-state index is 11.1. The summed E-state index contributed by atoms with van der Waals surface area (Å²) in [5.74, 6) is 0. The lowest BCUT2D eigenvalue weighted by atomic mass is 9.97. The smallest absolute Gasteiger partial charge is 0.288 e. The molecule has 8 heteroatoms. The van der Waals surface area contributed by atoms with E-state index in [0.717, 1.165) is 44.6 Å². The molecule has 0 radical (unpaired) electrons. The van der Waals surface area contributed by atoms with Crippen LogP contribution in [0.3, 0.4) is 0 Å². The van der Waals surface area contributed by atoms with E-state index in [9.17, 15) is 10.1 Å². The molecule has 0 bridgehead atoms. The highest BCUT2D eigenvalue weighted by Crippen LogP contribution is 2.33. The minimum atomic E-state index is -0.396. The van der Waals surface area contributed by atoms with Crippen molar-refractivity contribution < 1.29 is 4.92 Å². The van der Waals surface area contributed by atoms with Gasteiger partial charge in [0.25, 0.3) is 5.69 Å². The second-order valence-electron chi connectivity index (χ2n) is 5.77. The summed E-state index contributed by atoms with van der Waals surface area (Å²) in [5.41, 5.74) is 1.02. The van der Waals surface area contributed by atoms with Gasteiger partial charge in [-0.3, -0.25) is 15.0 Å². The molecule has 1 aromatic rings. The van der Waals surface area contributed by atoms with Crippen LogP contribution in [0.1, 0.15) is 44.2 Å². The Labute approximate surface area is 161 Å². The van der Waals surface area contributed by atoms with Gasteiger partial charge in [0.15, 0.2) is 0 Å². The lowest BCUT2D eigenvalue weighted by Gasteiger charge is -2.35. The molecule has 0 unspecified atom stereocenters. The van der Waals surface area contributed by atoms with E-state index in [0.29, 0.717) is 0 Å². The number of benzene rings is 1. The summed E-state index contributed by atoms with van der Waals surface area (Å²) in [6.45, 7) is 6.09.